The Morgan fingerprint density at radius 1 is 1.50 bits per heavy atom. The number of anilines is 1. The molecule has 0 atom stereocenters. The zero-order chi connectivity index (χ0) is 6.81. The molecular weight excluding hydrogens is 148 g/mol. The summed E-state index contributed by atoms with van der Waals surface area (Å²) in [7, 11) is 0. The molecule has 0 aromatic carbocycles. The lowest BCUT2D eigenvalue weighted by molar-refractivity contribution is 0.445. The fourth-order valence-electron chi connectivity index (χ4n) is 0.916. The molecule has 5 heteroatoms. The molecule has 1 N–H and O–H groups in total. The SMILES string of the molecule is C1CC(Nc2nnns2)C1. The van der Waals surface area contributed by atoms with Crippen LogP contribution < -0.4 is 5.32 Å². The lowest BCUT2D eigenvalue weighted by Gasteiger charge is -2.25. The number of hydrogen-bond acceptors (Lipinski definition) is 5. The van der Waals surface area contributed by atoms with Crippen LogP contribution >= 0.6 is 11.5 Å². The molecule has 1 aromatic heterocycles. The van der Waals surface area contributed by atoms with Gasteiger partial charge in [-0.1, -0.05) is 9.59 Å². The van der Waals surface area contributed by atoms with Gasteiger partial charge in [0.15, 0.2) is 0 Å². The Morgan fingerprint density at radius 3 is 2.90 bits per heavy atom. The molecule has 4 nitrogen and oxygen atoms in total. The average Bonchev–Trinajstić information content (AvgIpc) is 2.29. The molecule has 1 saturated carbocycles. The van der Waals surface area contributed by atoms with Crippen LogP contribution in [0.4, 0.5) is 5.13 Å². The van der Waals surface area contributed by atoms with E-state index in [1.165, 1.54) is 30.8 Å². The largest absolute Gasteiger partial charge is 0.356 e. The highest BCUT2D eigenvalue weighted by molar-refractivity contribution is 7.09. The van der Waals surface area contributed by atoms with Gasteiger partial charge in [0.05, 0.1) is 0 Å². The predicted molar refractivity (Wildman–Crippen MR) is 39.0 cm³/mol. The lowest BCUT2D eigenvalue weighted by atomic mass is 9.93. The Labute approximate surface area is 62.8 Å². The minimum absolute atomic E-state index is 0.634. The number of nitrogens with one attached hydrogen (secondary N) is 1. The normalized spacial score (nSPS) is 18.4. The van der Waals surface area contributed by atoms with Gasteiger partial charge in [0.1, 0.15) is 0 Å². The minimum Gasteiger partial charge on any atom is -0.356 e. The van der Waals surface area contributed by atoms with Crippen molar-refractivity contribution in [2.75, 3.05) is 5.32 Å². The zero-order valence-electron chi connectivity index (χ0n) is 5.45. The summed E-state index contributed by atoms with van der Waals surface area (Å²) in [6.45, 7) is 0. The van der Waals surface area contributed by atoms with Crippen molar-refractivity contribution in [3.63, 3.8) is 0 Å². The molecule has 0 aliphatic heterocycles. The molecule has 0 amide bonds. The second-order valence-electron chi connectivity index (χ2n) is 2.44. The van der Waals surface area contributed by atoms with Crippen LogP contribution in [0.5, 0.6) is 0 Å². The Kier molecular flexibility index (Phi) is 1.50. The van der Waals surface area contributed by atoms with Crippen molar-refractivity contribution in [3.8, 4) is 0 Å². The Bertz CT molecular complexity index is 193. The van der Waals surface area contributed by atoms with Crippen LogP contribution in [0, 0.1) is 0 Å². The van der Waals surface area contributed by atoms with Crippen molar-refractivity contribution >= 4 is 16.7 Å². The van der Waals surface area contributed by atoms with Crippen LogP contribution in [0.1, 0.15) is 19.3 Å². The Morgan fingerprint density at radius 2 is 2.40 bits per heavy atom. The summed E-state index contributed by atoms with van der Waals surface area (Å²) in [6.07, 6.45) is 3.86. The van der Waals surface area contributed by atoms with E-state index in [1.807, 2.05) is 0 Å². The van der Waals surface area contributed by atoms with Gasteiger partial charge in [-0.3, -0.25) is 0 Å². The van der Waals surface area contributed by atoms with E-state index in [4.69, 9.17) is 0 Å². The van der Waals surface area contributed by atoms with Crippen LogP contribution in [0.15, 0.2) is 0 Å². The van der Waals surface area contributed by atoms with Crippen molar-refractivity contribution in [1.29, 1.82) is 0 Å². The second-order valence-corrected chi connectivity index (χ2v) is 3.17. The maximum absolute atomic E-state index is 3.78. The molecule has 1 aliphatic carbocycles. The highest BCUT2D eigenvalue weighted by atomic mass is 32.1. The van der Waals surface area contributed by atoms with Gasteiger partial charge >= 0.3 is 0 Å². The number of nitrogens with zero attached hydrogens (tertiary/aromatic N) is 3. The molecule has 54 valence electrons. The van der Waals surface area contributed by atoms with Gasteiger partial charge in [-0.05, 0) is 24.5 Å². The molecule has 0 radical (unpaired) electrons. The van der Waals surface area contributed by atoms with Gasteiger partial charge in [0, 0.05) is 17.6 Å². The maximum atomic E-state index is 3.78. The third kappa shape index (κ3) is 1.09. The monoisotopic (exact) mass is 156 g/mol. The van der Waals surface area contributed by atoms with Crippen LogP contribution in [0.3, 0.4) is 0 Å². The van der Waals surface area contributed by atoms with E-state index in [0.29, 0.717) is 6.04 Å². The van der Waals surface area contributed by atoms with Gasteiger partial charge in [-0.25, -0.2) is 0 Å². The quantitative estimate of drug-likeness (QED) is 0.691. The summed E-state index contributed by atoms with van der Waals surface area (Å²) in [5.41, 5.74) is 0. The van der Waals surface area contributed by atoms with E-state index >= 15 is 0 Å². The summed E-state index contributed by atoms with van der Waals surface area (Å²) in [5, 5.41) is 11.4. The molecule has 10 heavy (non-hydrogen) atoms. The molecular formula is C5H8N4S. The Hall–Kier alpha value is -0.710. The highest BCUT2D eigenvalue weighted by Gasteiger charge is 2.17. The number of hydrogen-bond donors (Lipinski definition) is 1. The molecule has 0 spiro atoms. The van der Waals surface area contributed by atoms with E-state index in [0.717, 1.165) is 5.13 Å². The second kappa shape index (κ2) is 2.49. The molecule has 1 heterocycles. The summed E-state index contributed by atoms with van der Waals surface area (Å²) in [5.74, 6) is 0. The fourth-order valence-corrected chi connectivity index (χ4v) is 1.36. The highest BCUT2D eigenvalue weighted by Crippen LogP contribution is 2.22. The average molecular weight is 156 g/mol. The van der Waals surface area contributed by atoms with Crippen LogP contribution in [-0.2, 0) is 0 Å². The first kappa shape index (κ1) is 6.03. The molecule has 0 saturated heterocycles. The van der Waals surface area contributed by atoms with E-state index in [2.05, 4.69) is 20.1 Å². The van der Waals surface area contributed by atoms with Crippen LogP contribution in [0.25, 0.3) is 0 Å². The van der Waals surface area contributed by atoms with Crippen molar-refractivity contribution in [3.05, 3.63) is 0 Å². The molecule has 0 unspecified atom stereocenters. The number of rotatable bonds is 2. The fraction of sp³-hybridized carbons (Fsp3) is 0.800. The van der Waals surface area contributed by atoms with Crippen molar-refractivity contribution < 1.29 is 0 Å². The van der Waals surface area contributed by atoms with E-state index in [-0.39, 0.29) is 0 Å². The van der Waals surface area contributed by atoms with Crippen molar-refractivity contribution in [2.24, 2.45) is 0 Å². The van der Waals surface area contributed by atoms with Crippen molar-refractivity contribution in [2.45, 2.75) is 25.3 Å². The molecule has 2 rings (SSSR count). The Balaban J connectivity index is 1.90. The molecule has 1 aliphatic rings. The van der Waals surface area contributed by atoms with Gasteiger partial charge in [0.2, 0.25) is 5.13 Å². The predicted octanol–water partition coefficient (Wildman–Crippen LogP) is 0.897. The first-order chi connectivity index (χ1) is 4.95. The summed E-state index contributed by atoms with van der Waals surface area (Å²) in [4.78, 5) is 0. The standard InChI is InChI=1S/C5H8N4S/c1-2-4(3-1)6-5-7-8-9-10-5/h4H,1-3H2,(H,6,7,9). The van der Waals surface area contributed by atoms with E-state index in [9.17, 15) is 0 Å². The third-order valence-corrected chi connectivity index (χ3v) is 2.26. The van der Waals surface area contributed by atoms with E-state index < -0.39 is 0 Å². The van der Waals surface area contributed by atoms with E-state index in [1.54, 1.807) is 0 Å². The van der Waals surface area contributed by atoms with Gasteiger partial charge < -0.3 is 5.32 Å². The summed E-state index contributed by atoms with van der Waals surface area (Å²) < 4.78 is 3.65. The molecule has 0 bridgehead atoms. The summed E-state index contributed by atoms with van der Waals surface area (Å²) in [6, 6.07) is 0.634. The zero-order valence-corrected chi connectivity index (χ0v) is 6.27. The first-order valence-corrected chi connectivity index (χ1v) is 4.14. The third-order valence-electron chi connectivity index (χ3n) is 1.73. The van der Waals surface area contributed by atoms with Crippen LogP contribution in [-0.4, -0.2) is 20.8 Å². The van der Waals surface area contributed by atoms with Crippen molar-refractivity contribution in [1.82, 2.24) is 14.8 Å². The number of aromatic nitrogens is 3. The molecule has 1 aromatic rings. The van der Waals surface area contributed by atoms with Crippen LogP contribution in [0.2, 0.25) is 0 Å². The minimum atomic E-state index is 0.634. The van der Waals surface area contributed by atoms with Gasteiger partial charge in [0.25, 0.3) is 0 Å². The molecule has 1 fully saturated rings. The first-order valence-electron chi connectivity index (χ1n) is 3.37. The maximum Gasteiger partial charge on any atom is 0.225 e. The van der Waals surface area contributed by atoms with Gasteiger partial charge in [-0.15, -0.1) is 0 Å². The van der Waals surface area contributed by atoms with Gasteiger partial charge in [-0.2, -0.15) is 0 Å². The summed E-state index contributed by atoms with van der Waals surface area (Å²) >= 11 is 1.32. The smallest absolute Gasteiger partial charge is 0.225 e. The lowest BCUT2D eigenvalue weighted by Crippen LogP contribution is -2.26. The topological polar surface area (TPSA) is 50.7 Å².